The van der Waals surface area contributed by atoms with Crippen LogP contribution in [0.15, 0.2) is 65.7 Å². The topological polar surface area (TPSA) is 22.1 Å². The standard InChI is InChI=1S/C16H13NOS/c1-19-13-6-4-5-12(11-13)18-16-9-10-17-15-8-3-2-7-14(15)16/h2-11H,1H3. The Labute approximate surface area is 116 Å². The number of hydrogen-bond acceptors (Lipinski definition) is 3. The largest absolute Gasteiger partial charge is 0.457 e. The molecule has 3 aromatic rings. The fourth-order valence-electron chi connectivity index (χ4n) is 1.95. The van der Waals surface area contributed by atoms with Crippen molar-refractivity contribution in [3.63, 3.8) is 0 Å². The second kappa shape index (κ2) is 5.33. The summed E-state index contributed by atoms with van der Waals surface area (Å²) in [6, 6.07) is 18.0. The first-order valence-corrected chi connectivity index (χ1v) is 7.25. The van der Waals surface area contributed by atoms with E-state index >= 15 is 0 Å². The second-order valence-corrected chi connectivity index (χ2v) is 4.99. The Bertz CT molecular complexity index is 706. The van der Waals surface area contributed by atoms with Crippen LogP contribution in [0, 0.1) is 0 Å². The predicted octanol–water partition coefficient (Wildman–Crippen LogP) is 4.75. The number of pyridine rings is 1. The number of aromatic nitrogens is 1. The normalized spacial score (nSPS) is 10.6. The van der Waals surface area contributed by atoms with Crippen molar-refractivity contribution in [1.29, 1.82) is 0 Å². The molecule has 19 heavy (non-hydrogen) atoms. The highest BCUT2D eigenvalue weighted by atomic mass is 32.2. The van der Waals surface area contributed by atoms with E-state index in [2.05, 4.69) is 17.3 Å². The third-order valence-corrected chi connectivity index (χ3v) is 3.60. The van der Waals surface area contributed by atoms with Crippen LogP contribution in [0.3, 0.4) is 0 Å². The molecule has 2 nitrogen and oxygen atoms in total. The smallest absolute Gasteiger partial charge is 0.138 e. The van der Waals surface area contributed by atoms with Crippen LogP contribution in [-0.4, -0.2) is 11.2 Å². The van der Waals surface area contributed by atoms with Crippen LogP contribution in [0.2, 0.25) is 0 Å². The lowest BCUT2D eigenvalue weighted by Crippen LogP contribution is -1.87. The molecule has 1 heterocycles. The lowest BCUT2D eigenvalue weighted by molar-refractivity contribution is 0.486. The number of fused-ring (bicyclic) bond motifs is 1. The summed E-state index contributed by atoms with van der Waals surface area (Å²) in [5.74, 6) is 1.69. The zero-order valence-electron chi connectivity index (χ0n) is 10.5. The Morgan fingerprint density at radius 1 is 1.00 bits per heavy atom. The molecular weight excluding hydrogens is 254 g/mol. The quantitative estimate of drug-likeness (QED) is 0.639. The van der Waals surface area contributed by atoms with Crippen LogP contribution < -0.4 is 4.74 Å². The first kappa shape index (κ1) is 12.1. The summed E-state index contributed by atoms with van der Waals surface area (Å²) in [5.41, 5.74) is 0.945. The van der Waals surface area contributed by atoms with E-state index in [1.807, 2.05) is 48.5 Å². The van der Waals surface area contributed by atoms with Crippen LogP contribution in [-0.2, 0) is 0 Å². The summed E-state index contributed by atoms with van der Waals surface area (Å²) in [4.78, 5) is 5.52. The molecule has 0 aliphatic carbocycles. The SMILES string of the molecule is CSc1cccc(Oc2ccnc3ccccc23)c1. The minimum atomic E-state index is 0.837. The van der Waals surface area contributed by atoms with E-state index in [-0.39, 0.29) is 0 Å². The van der Waals surface area contributed by atoms with Crippen molar-refractivity contribution >= 4 is 22.7 Å². The number of para-hydroxylation sites is 1. The molecule has 0 saturated heterocycles. The Morgan fingerprint density at radius 3 is 2.79 bits per heavy atom. The lowest BCUT2D eigenvalue weighted by atomic mass is 10.2. The van der Waals surface area contributed by atoms with Crippen molar-refractivity contribution in [2.45, 2.75) is 4.90 Å². The maximum atomic E-state index is 5.98. The van der Waals surface area contributed by atoms with Crippen LogP contribution in [0.1, 0.15) is 0 Å². The predicted molar refractivity (Wildman–Crippen MR) is 80.0 cm³/mol. The number of rotatable bonds is 3. The summed E-state index contributed by atoms with van der Waals surface area (Å²) < 4.78 is 5.98. The minimum Gasteiger partial charge on any atom is -0.457 e. The Hall–Kier alpha value is -2.00. The number of ether oxygens (including phenoxy) is 1. The summed E-state index contributed by atoms with van der Waals surface area (Å²) in [5, 5.41) is 1.03. The summed E-state index contributed by atoms with van der Waals surface area (Å²) in [6.07, 6.45) is 3.83. The molecule has 0 bridgehead atoms. The van der Waals surface area contributed by atoms with Crippen LogP contribution in [0.5, 0.6) is 11.5 Å². The number of hydrogen-bond donors (Lipinski definition) is 0. The number of nitrogens with zero attached hydrogens (tertiary/aromatic N) is 1. The zero-order valence-corrected chi connectivity index (χ0v) is 11.4. The maximum absolute atomic E-state index is 5.98. The Morgan fingerprint density at radius 2 is 1.89 bits per heavy atom. The van der Waals surface area contributed by atoms with Gasteiger partial charge in [-0.05, 0) is 42.7 Å². The molecule has 0 saturated carbocycles. The van der Waals surface area contributed by atoms with Crippen molar-refractivity contribution in [2.24, 2.45) is 0 Å². The molecule has 2 aromatic carbocycles. The number of benzene rings is 2. The minimum absolute atomic E-state index is 0.837. The van der Waals surface area contributed by atoms with Crippen LogP contribution >= 0.6 is 11.8 Å². The molecule has 0 aliphatic heterocycles. The van der Waals surface area contributed by atoms with Crippen LogP contribution in [0.25, 0.3) is 10.9 Å². The molecule has 0 spiro atoms. The van der Waals surface area contributed by atoms with E-state index in [1.165, 1.54) is 4.90 Å². The first-order valence-electron chi connectivity index (χ1n) is 6.02. The van der Waals surface area contributed by atoms with Gasteiger partial charge >= 0.3 is 0 Å². The fraction of sp³-hybridized carbons (Fsp3) is 0.0625. The highest BCUT2D eigenvalue weighted by molar-refractivity contribution is 7.98. The van der Waals surface area contributed by atoms with E-state index in [0.717, 1.165) is 22.4 Å². The van der Waals surface area contributed by atoms with Gasteiger partial charge in [-0.2, -0.15) is 0 Å². The molecule has 3 heteroatoms. The monoisotopic (exact) mass is 267 g/mol. The van der Waals surface area contributed by atoms with Crippen LogP contribution in [0.4, 0.5) is 0 Å². The van der Waals surface area contributed by atoms with Gasteiger partial charge in [0.1, 0.15) is 11.5 Å². The zero-order chi connectivity index (χ0) is 13.1. The highest BCUT2D eigenvalue weighted by Crippen LogP contribution is 2.30. The molecule has 0 unspecified atom stereocenters. The maximum Gasteiger partial charge on any atom is 0.138 e. The first-order chi connectivity index (χ1) is 9.36. The van der Waals surface area contributed by atoms with Gasteiger partial charge in [-0.15, -0.1) is 11.8 Å². The van der Waals surface area contributed by atoms with Gasteiger partial charge in [-0.3, -0.25) is 4.98 Å². The summed E-state index contributed by atoms with van der Waals surface area (Å²) >= 11 is 1.70. The molecule has 0 fully saturated rings. The molecule has 1 aromatic heterocycles. The average molecular weight is 267 g/mol. The number of thioether (sulfide) groups is 1. The average Bonchev–Trinajstić information content (AvgIpc) is 2.48. The van der Waals surface area contributed by atoms with Gasteiger partial charge in [0.25, 0.3) is 0 Å². The summed E-state index contributed by atoms with van der Waals surface area (Å²) in [6.45, 7) is 0. The molecular formula is C16H13NOS. The lowest BCUT2D eigenvalue weighted by Gasteiger charge is -2.09. The van der Waals surface area contributed by atoms with Gasteiger partial charge in [0.15, 0.2) is 0 Å². The van der Waals surface area contributed by atoms with Gasteiger partial charge in [-0.1, -0.05) is 18.2 Å². The third kappa shape index (κ3) is 2.56. The molecule has 0 aliphatic rings. The van der Waals surface area contributed by atoms with Crippen molar-refractivity contribution in [1.82, 2.24) is 4.98 Å². The Kier molecular flexibility index (Phi) is 3.38. The third-order valence-electron chi connectivity index (χ3n) is 2.88. The van der Waals surface area contributed by atoms with E-state index < -0.39 is 0 Å². The van der Waals surface area contributed by atoms with E-state index in [4.69, 9.17) is 4.74 Å². The molecule has 0 radical (unpaired) electrons. The second-order valence-electron chi connectivity index (χ2n) is 4.11. The van der Waals surface area contributed by atoms with Crippen molar-refractivity contribution < 1.29 is 4.74 Å². The van der Waals surface area contributed by atoms with Gasteiger partial charge < -0.3 is 4.74 Å². The van der Waals surface area contributed by atoms with Crippen molar-refractivity contribution in [3.05, 3.63) is 60.8 Å². The molecule has 0 amide bonds. The molecule has 0 N–H and O–H groups in total. The van der Waals surface area contributed by atoms with Gasteiger partial charge in [-0.25, -0.2) is 0 Å². The van der Waals surface area contributed by atoms with Crippen molar-refractivity contribution in [2.75, 3.05) is 6.26 Å². The van der Waals surface area contributed by atoms with Gasteiger partial charge in [0, 0.05) is 16.5 Å². The van der Waals surface area contributed by atoms with E-state index in [1.54, 1.807) is 18.0 Å². The van der Waals surface area contributed by atoms with Crippen molar-refractivity contribution in [3.8, 4) is 11.5 Å². The van der Waals surface area contributed by atoms with Gasteiger partial charge in [0.05, 0.1) is 5.52 Å². The highest BCUT2D eigenvalue weighted by Gasteiger charge is 2.04. The summed E-state index contributed by atoms with van der Waals surface area (Å²) in [7, 11) is 0. The van der Waals surface area contributed by atoms with E-state index in [0.29, 0.717) is 0 Å². The molecule has 3 rings (SSSR count). The molecule has 0 atom stereocenters. The Balaban J connectivity index is 2.01. The van der Waals surface area contributed by atoms with E-state index in [9.17, 15) is 0 Å². The fourth-order valence-corrected chi connectivity index (χ4v) is 2.40. The van der Waals surface area contributed by atoms with Gasteiger partial charge in [0.2, 0.25) is 0 Å². The molecule has 94 valence electrons.